The van der Waals surface area contributed by atoms with Gasteiger partial charge in [0.15, 0.2) is 11.5 Å². The zero-order chi connectivity index (χ0) is 13.2. The lowest BCUT2D eigenvalue weighted by Gasteiger charge is -2.18. The summed E-state index contributed by atoms with van der Waals surface area (Å²) in [6.45, 7) is 2.81. The number of amides is 1. The SMILES string of the molecule is CC1SCCN1C(=O)c1cc(-c2ccccc2)on1. The largest absolute Gasteiger partial charge is 0.355 e. The van der Waals surface area contributed by atoms with Gasteiger partial charge in [0.05, 0.1) is 5.37 Å². The fourth-order valence-electron chi connectivity index (χ4n) is 2.12. The van der Waals surface area contributed by atoms with Crippen LogP contribution in [0.2, 0.25) is 0 Å². The summed E-state index contributed by atoms with van der Waals surface area (Å²) < 4.78 is 5.26. The van der Waals surface area contributed by atoms with Crippen molar-refractivity contribution in [1.29, 1.82) is 0 Å². The Morgan fingerprint density at radius 3 is 2.89 bits per heavy atom. The Kier molecular flexibility index (Phi) is 3.29. The van der Waals surface area contributed by atoms with Gasteiger partial charge in [0.25, 0.3) is 5.91 Å². The summed E-state index contributed by atoms with van der Waals surface area (Å²) in [4.78, 5) is 14.1. The lowest BCUT2D eigenvalue weighted by atomic mass is 10.1. The second-order valence-corrected chi connectivity index (χ2v) is 5.83. The summed E-state index contributed by atoms with van der Waals surface area (Å²) in [5.41, 5.74) is 1.31. The van der Waals surface area contributed by atoms with Crippen LogP contribution in [0.1, 0.15) is 17.4 Å². The number of aromatic nitrogens is 1. The normalized spacial score (nSPS) is 18.8. The number of rotatable bonds is 2. The van der Waals surface area contributed by atoms with Crippen molar-refractivity contribution in [1.82, 2.24) is 10.1 Å². The summed E-state index contributed by atoms with van der Waals surface area (Å²) in [6, 6.07) is 11.4. The molecule has 1 aromatic heterocycles. The molecule has 1 amide bonds. The zero-order valence-corrected chi connectivity index (χ0v) is 11.4. The Hall–Kier alpha value is -1.75. The average molecular weight is 274 g/mol. The highest BCUT2D eigenvalue weighted by Crippen LogP contribution is 2.26. The summed E-state index contributed by atoms with van der Waals surface area (Å²) >= 11 is 1.78. The third-order valence-corrected chi connectivity index (χ3v) is 4.33. The maximum absolute atomic E-state index is 12.3. The van der Waals surface area contributed by atoms with Crippen molar-refractivity contribution in [2.45, 2.75) is 12.3 Å². The Bertz CT molecular complexity index is 582. The van der Waals surface area contributed by atoms with Gasteiger partial charge in [0.1, 0.15) is 0 Å². The molecule has 0 bridgehead atoms. The van der Waals surface area contributed by atoms with Crippen LogP contribution in [0, 0.1) is 0 Å². The van der Waals surface area contributed by atoms with Gasteiger partial charge in [-0.1, -0.05) is 35.5 Å². The van der Waals surface area contributed by atoms with Gasteiger partial charge in [0.2, 0.25) is 0 Å². The number of benzene rings is 1. The van der Waals surface area contributed by atoms with Gasteiger partial charge < -0.3 is 9.42 Å². The molecule has 0 spiro atoms. The van der Waals surface area contributed by atoms with Gasteiger partial charge in [0, 0.05) is 23.9 Å². The van der Waals surface area contributed by atoms with Crippen molar-refractivity contribution in [3.63, 3.8) is 0 Å². The number of nitrogens with zero attached hydrogens (tertiary/aromatic N) is 2. The lowest BCUT2D eigenvalue weighted by Crippen LogP contribution is -2.33. The van der Waals surface area contributed by atoms with Gasteiger partial charge in [-0.25, -0.2) is 0 Å². The molecule has 1 aliphatic rings. The fraction of sp³-hybridized carbons (Fsp3) is 0.286. The van der Waals surface area contributed by atoms with Crippen LogP contribution in [-0.4, -0.2) is 33.6 Å². The van der Waals surface area contributed by atoms with Gasteiger partial charge in [-0.3, -0.25) is 4.79 Å². The molecule has 0 radical (unpaired) electrons. The number of hydrogen-bond donors (Lipinski definition) is 0. The molecule has 4 nitrogen and oxygen atoms in total. The van der Waals surface area contributed by atoms with E-state index in [4.69, 9.17) is 4.52 Å². The highest BCUT2D eigenvalue weighted by atomic mass is 32.2. The third kappa shape index (κ3) is 2.38. The topological polar surface area (TPSA) is 46.3 Å². The van der Waals surface area contributed by atoms with E-state index in [0.717, 1.165) is 17.9 Å². The molecular formula is C14H14N2O2S. The van der Waals surface area contributed by atoms with Gasteiger partial charge >= 0.3 is 0 Å². The molecule has 98 valence electrons. The Labute approximate surface area is 115 Å². The molecule has 0 aliphatic carbocycles. The number of thioether (sulfide) groups is 1. The van der Waals surface area contributed by atoms with Gasteiger partial charge in [-0.2, -0.15) is 0 Å². The minimum absolute atomic E-state index is 0.0524. The zero-order valence-electron chi connectivity index (χ0n) is 10.6. The van der Waals surface area contributed by atoms with Crippen LogP contribution in [0.3, 0.4) is 0 Å². The van der Waals surface area contributed by atoms with Crippen molar-refractivity contribution in [3.8, 4) is 11.3 Å². The molecule has 19 heavy (non-hydrogen) atoms. The molecular weight excluding hydrogens is 260 g/mol. The average Bonchev–Trinajstić information content (AvgIpc) is 3.08. The van der Waals surface area contributed by atoms with Crippen LogP contribution in [-0.2, 0) is 0 Å². The van der Waals surface area contributed by atoms with E-state index in [1.807, 2.05) is 42.2 Å². The smallest absolute Gasteiger partial charge is 0.276 e. The second kappa shape index (κ2) is 5.09. The molecule has 0 N–H and O–H groups in total. The first kappa shape index (κ1) is 12.3. The Morgan fingerprint density at radius 1 is 1.42 bits per heavy atom. The van der Waals surface area contributed by atoms with Crippen LogP contribution < -0.4 is 0 Å². The van der Waals surface area contributed by atoms with E-state index in [1.54, 1.807) is 17.8 Å². The van der Waals surface area contributed by atoms with Crippen LogP contribution >= 0.6 is 11.8 Å². The van der Waals surface area contributed by atoms with Crippen LogP contribution in [0.25, 0.3) is 11.3 Å². The van der Waals surface area contributed by atoms with Crippen LogP contribution in [0.5, 0.6) is 0 Å². The molecule has 3 rings (SSSR count). The van der Waals surface area contributed by atoms with E-state index >= 15 is 0 Å². The van der Waals surface area contributed by atoms with E-state index in [2.05, 4.69) is 5.16 Å². The highest BCUT2D eigenvalue weighted by Gasteiger charge is 2.28. The molecule has 0 saturated carbocycles. The van der Waals surface area contributed by atoms with Crippen molar-refractivity contribution < 1.29 is 9.32 Å². The van der Waals surface area contributed by atoms with E-state index in [9.17, 15) is 4.79 Å². The maximum atomic E-state index is 12.3. The molecule has 1 unspecified atom stereocenters. The monoisotopic (exact) mass is 274 g/mol. The fourth-order valence-corrected chi connectivity index (χ4v) is 3.15. The number of hydrogen-bond acceptors (Lipinski definition) is 4. The first-order valence-corrected chi connectivity index (χ1v) is 7.25. The third-order valence-electron chi connectivity index (χ3n) is 3.18. The molecule has 1 fully saturated rings. The van der Waals surface area contributed by atoms with E-state index < -0.39 is 0 Å². The predicted octanol–water partition coefficient (Wildman–Crippen LogP) is 2.88. The first-order chi connectivity index (χ1) is 9.25. The van der Waals surface area contributed by atoms with Crippen LogP contribution in [0.4, 0.5) is 0 Å². The maximum Gasteiger partial charge on any atom is 0.276 e. The summed E-state index contributed by atoms with van der Waals surface area (Å²) in [6.07, 6.45) is 0. The lowest BCUT2D eigenvalue weighted by molar-refractivity contribution is 0.0758. The van der Waals surface area contributed by atoms with Gasteiger partial charge in [-0.15, -0.1) is 11.8 Å². The van der Waals surface area contributed by atoms with E-state index in [-0.39, 0.29) is 11.3 Å². The molecule has 5 heteroatoms. The summed E-state index contributed by atoms with van der Waals surface area (Å²) in [7, 11) is 0. The standard InChI is InChI=1S/C14H14N2O2S/c1-10-16(7-8-19-10)14(17)12-9-13(18-15-12)11-5-3-2-4-6-11/h2-6,9-10H,7-8H2,1H3. The molecule has 1 atom stereocenters. The molecule has 1 aromatic carbocycles. The van der Waals surface area contributed by atoms with E-state index in [0.29, 0.717) is 11.5 Å². The van der Waals surface area contributed by atoms with E-state index in [1.165, 1.54) is 0 Å². The highest BCUT2D eigenvalue weighted by molar-refractivity contribution is 8.00. The van der Waals surface area contributed by atoms with Crippen molar-refractivity contribution >= 4 is 17.7 Å². The van der Waals surface area contributed by atoms with Gasteiger partial charge in [-0.05, 0) is 6.92 Å². The quantitative estimate of drug-likeness (QED) is 0.844. The minimum Gasteiger partial charge on any atom is -0.355 e. The van der Waals surface area contributed by atoms with Crippen molar-refractivity contribution in [3.05, 3.63) is 42.1 Å². The molecule has 1 saturated heterocycles. The van der Waals surface area contributed by atoms with Crippen molar-refractivity contribution in [2.75, 3.05) is 12.3 Å². The predicted molar refractivity (Wildman–Crippen MR) is 74.9 cm³/mol. The van der Waals surface area contributed by atoms with Crippen molar-refractivity contribution in [2.24, 2.45) is 0 Å². The Balaban J connectivity index is 1.83. The number of carbonyl (C=O) groups is 1. The summed E-state index contributed by atoms with van der Waals surface area (Å²) in [5, 5.41) is 4.11. The number of carbonyl (C=O) groups excluding carboxylic acids is 1. The molecule has 2 aromatic rings. The first-order valence-electron chi connectivity index (χ1n) is 6.20. The Morgan fingerprint density at radius 2 is 2.21 bits per heavy atom. The minimum atomic E-state index is -0.0524. The second-order valence-electron chi connectivity index (χ2n) is 4.41. The summed E-state index contributed by atoms with van der Waals surface area (Å²) in [5.74, 6) is 1.56. The molecule has 1 aliphatic heterocycles. The molecule has 2 heterocycles. The van der Waals surface area contributed by atoms with Crippen LogP contribution in [0.15, 0.2) is 40.9 Å².